The summed E-state index contributed by atoms with van der Waals surface area (Å²) in [4.78, 5) is 11.3. The fourth-order valence-electron chi connectivity index (χ4n) is 1.56. The minimum atomic E-state index is -3.45. The number of amides is 1. The van der Waals surface area contributed by atoms with Gasteiger partial charge in [0.1, 0.15) is 0 Å². The number of anilines is 1. The summed E-state index contributed by atoms with van der Waals surface area (Å²) < 4.78 is 26.4. The average Bonchev–Trinajstić information content (AvgIpc) is 3.21. The Morgan fingerprint density at radius 1 is 1.26 bits per heavy atom. The van der Waals surface area contributed by atoms with Crippen LogP contribution in [0, 0.1) is 5.92 Å². The smallest absolute Gasteiger partial charge is 0.240 e. The van der Waals surface area contributed by atoms with E-state index in [0.29, 0.717) is 18.2 Å². The second-order valence-electron chi connectivity index (χ2n) is 4.57. The van der Waals surface area contributed by atoms with Gasteiger partial charge in [-0.3, -0.25) is 4.79 Å². The van der Waals surface area contributed by atoms with Crippen molar-refractivity contribution in [3.63, 3.8) is 0 Å². The lowest BCUT2D eigenvalue weighted by atomic mass is 10.3. The van der Waals surface area contributed by atoms with Crippen molar-refractivity contribution < 1.29 is 13.2 Å². The summed E-state index contributed by atoms with van der Waals surface area (Å²) in [5.74, 6) is 0.167. The minimum absolute atomic E-state index is 0.108. The molecular weight excluding hydrogens is 266 g/mol. The number of hydrogen-bond acceptors (Lipinski definition) is 4. The molecule has 0 aliphatic heterocycles. The van der Waals surface area contributed by atoms with Gasteiger partial charge in [0.15, 0.2) is 0 Å². The molecule has 19 heavy (non-hydrogen) atoms. The number of hydrogen-bond donors (Lipinski definition) is 3. The maximum absolute atomic E-state index is 11.9. The molecule has 1 aromatic rings. The highest BCUT2D eigenvalue weighted by atomic mass is 32.2. The fourth-order valence-corrected chi connectivity index (χ4v) is 2.68. The van der Waals surface area contributed by atoms with E-state index in [4.69, 9.17) is 5.73 Å². The molecule has 0 atom stereocenters. The van der Waals surface area contributed by atoms with E-state index in [1.165, 1.54) is 12.1 Å². The predicted molar refractivity (Wildman–Crippen MR) is 72.0 cm³/mol. The van der Waals surface area contributed by atoms with Gasteiger partial charge >= 0.3 is 0 Å². The van der Waals surface area contributed by atoms with Gasteiger partial charge in [-0.05, 0) is 43.0 Å². The van der Waals surface area contributed by atoms with E-state index >= 15 is 0 Å². The van der Waals surface area contributed by atoms with Crippen LogP contribution in [0.25, 0.3) is 0 Å². The van der Waals surface area contributed by atoms with Crippen molar-refractivity contribution in [1.82, 2.24) is 4.72 Å². The van der Waals surface area contributed by atoms with Crippen molar-refractivity contribution in [3.05, 3.63) is 24.3 Å². The normalized spacial score (nSPS) is 15.2. The number of carbonyl (C=O) groups excluding carboxylic acids is 1. The van der Waals surface area contributed by atoms with Crippen LogP contribution in [0.3, 0.4) is 0 Å². The lowest BCUT2D eigenvalue weighted by molar-refractivity contribution is -0.114. The zero-order chi connectivity index (χ0) is 13.9. The van der Waals surface area contributed by atoms with Crippen molar-refractivity contribution in [3.8, 4) is 0 Å². The SMILES string of the molecule is NCC(=O)Nc1ccc(S(=O)(=O)NCC2CC2)cc1. The molecule has 0 spiro atoms. The van der Waals surface area contributed by atoms with Crippen LogP contribution in [-0.2, 0) is 14.8 Å². The van der Waals surface area contributed by atoms with Crippen molar-refractivity contribution in [2.45, 2.75) is 17.7 Å². The zero-order valence-electron chi connectivity index (χ0n) is 10.4. The average molecular weight is 283 g/mol. The summed E-state index contributed by atoms with van der Waals surface area (Å²) in [6.07, 6.45) is 2.18. The number of nitrogens with one attached hydrogen (secondary N) is 2. The van der Waals surface area contributed by atoms with Crippen molar-refractivity contribution in [2.75, 3.05) is 18.4 Å². The maximum atomic E-state index is 11.9. The van der Waals surface area contributed by atoms with Gasteiger partial charge in [0.05, 0.1) is 11.4 Å². The summed E-state index contributed by atoms with van der Waals surface area (Å²) in [7, 11) is -3.45. The molecule has 1 fully saturated rings. The van der Waals surface area contributed by atoms with E-state index in [0.717, 1.165) is 12.8 Å². The van der Waals surface area contributed by atoms with E-state index in [-0.39, 0.29) is 17.3 Å². The maximum Gasteiger partial charge on any atom is 0.240 e. The number of benzene rings is 1. The Kier molecular flexibility index (Phi) is 4.18. The third-order valence-electron chi connectivity index (χ3n) is 2.89. The minimum Gasteiger partial charge on any atom is -0.325 e. The first-order chi connectivity index (χ1) is 9.01. The monoisotopic (exact) mass is 283 g/mol. The summed E-state index contributed by atoms with van der Waals surface area (Å²) in [5, 5.41) is 2.55. The summed E-state index contributed by atoms with van der Waals surface area (Å²) in [5.41, 5.74) is 5.70. The molecule has 1 saturated carbocycles. The standard InChI is InChI=1S/C12H17N3O3S/c13-7-12(16)15-10-3-5-11(6-4-10)19(17,18)14-8-9-1-2-9/h3-6,9,14H,1-2,7-8,13H2,(H,15,16). The van der Waals surface area contributed by atoms with Gasteiger partial charge in [-0.15, -0.1) is 0 Å². The molecule has 0 bridgehead atoms. The molecule has 0 aromatic heterocycles. The topological polar surface area (TPSA) is 101 Å². The lowest BCUT2D eigenvalue weighted by Gasteiger charge is -2.07. The Labute approximate surface area is 112 Å². The molecule has 0 heterocycles. The third-order valence-corrected chi connectivity index (χ3v) is 4.33. The second-order valence-corrected chi connectivity index (χ2v) is 6.34. The van der Waals surface area contributed by atoms with Gasteiger partial charge in [0, 0.05) is 12.2 Å². The highest BCUT2D eigenvalue weighted by molar-refractivity contribution is 7.89. The molecule has 104 valence electrons. The Hall–Kier alpha value is -1.44. The van der Waals surface area contributed by atoms with Crippen LogP contribution < -0.4 is 15.8 Å². The first kappa shape index (κ1) is 14.0. The molecule has 0 unspecified atom stereocenters. The van der Waals surface area contributed by atoms with Crippen LogP contribution in [0.15, 0.2) is 29.2 Å². The van der Waals surface area contributed by atoms with E-state index in [2.05, 4.69) is 10.0 Å². The molecule has 0 saturated heterocycles. The first-order valence-corrected chi connectivity index (χ1v) is 7.59. The molecule has 7 heteroatoms. The molecule has 1 aliphatic rings. The second kappa shape index (κ2) is 5.68. The molecule has 1 amide bonds. The van der Waals surface area contributed by atoms with Crippen LogP contribution in [0.5, 0.6) is 0 Å². The zero-order valence-corrected chi connectivity index (χ0v) is 11.2. The van der Waals surface area contributed by atoms with Gasteiger partial charge in [-0.25, -0.2) is 13.1 Å². The number of sulfonamides is 1. The van der Waals surface area contributed by atoms with Crippen molar-refractivity contribution in [2.24, 2.45) is 11.7 Å². The van der Waals surface area contributed by atoms with Crippen molar-refractivity contribution >= 4 is 21.6 Å². The van der Waals surface area contributed by atoms with Crippen molar-refractivity contribution in [1.29, 1.82) is 0 Å². The lowest BCUT2D eigenvalue weighted by Crippen LogP contribution is -2.26. The third kappa shape index (κ3) is 4.02. The number of carbonyl (C=O) groups is 1. The van der Waals surface area contributed by atoms with Gasteiger partial charge in [0.25, 0.3) is 0 Å². The number of rotatable bonds is 6. The predicted octanol–water partition coefficient (Wildman–Crippen LogP) is 0.272. The summed E-state index contributed by atoms with van der Waals surface area (Å²) in [6.45, 7) is 0.386. The van der Waals surface area contributed by atoms with E-state index in [9.17, 15) is 13.2 Å². The van der Waals surface area contributed by atoms with Crippen LogP contribution in [0.2, 0.25) is 0 Å². The van der Waals surface area contributed by atoms with Gasteiger partial charge < -0.3 is 11.1 Å². The van der Waals surface area contributed by atoms with Crippen LogP contribution >= 0.6 is 0 Å². The largest absolute Gasteiger partial charge is 0.325 e. The van der Waals surface area contributed by atoms with Gasteiger partial charge in [-0.1, -0.05) is 0 Å². The summed E-state index contributed by atoms with van der Waals surface area (Å²) in [6, 6.07) is 6.00. The fraction of sp³-hybridized carbons (Fsp3) is 0.417. The summed E-state index contributed by atoms with van der Waals surface area (Å²) >= 11 is 0. The Morgan fingerprint density at radius 2 is 1.89 bits per heavy atom. The Bertz CT molecular complexity index is 550. The Morgan fingerprint density at radius 3 is 2.42 bits per heavy atom. The van der Waals surface area contributed by atoms with E-state index in [1.807, 2.05) is 0 Å². The highest BCUT2D eigenvalue weighted by Crippen LogP contribution is 2.28. The van der Waals surface area contributed by atoms with Crippen LogP contribution in [0.4, 0.5) is 5.69 Å². The van der Waals surface area contributed by atoms with Crippen LogP contribution in [0.1, 0.15) is 12.8 Å². The van der Waals surface area contributed by atoms with Gasteiger partial charge in [-0.2, -0.15) is 0 Å². The van der Waals surface area contributed by atoms with E-state index in [1.54, 1.807) is 12.1 Å². The van der Waals surface area contributed by atoms with Crippen LogP contribution in [-0.4, -0.2) is 27.4 Å². The number of nitrogens with two attached hydrogens (primary N) is 1. The Balaban J connectivity index is 2.01. The molecule has 1 aliphatic carbocycles. The molecule has 1 aromatic carbocycles. The van der Waals surface area contributed by atoms with Gasteiger partial charge in [0.2, 0.25) is 15.9 Å². The highest BCUT2D eigenvalue weighted by Gasteiger charge is 2.24. The van der Waals surface area contributed by atoms with E-state index < -0.39 is 10.0 Å². The molecular formula is C12H17N3O3S. The first-order valence-electron chi connectivity index (χ1n) is 6.11. The molecule has 0 radical (unpaired) electrons. The molecule has 6 nitrogen and oxygen atoms in total. The molecule has 2 rings (SSSR count). The quantitative estimate of drug-likeness (QED) is 0.697. The molecule has 4 N–H and O–H groups in total.